The highest BCUT2D eigenvalue weighted by Crippen LogP contribution is 2.28. The molecule has 0 unspecified atom stereocenters. The molecule has 0 saturated heterocycles. The normalized spacial score (nSPS) is 11.0. The average molecular weight is 366 g/mol. The molecule has 0 spiro atoms. The van der Waals surface area contributed by atoms with Gasteiger partial charge >= 0.3 is 0 Å². The van der Waals surface area contributed by atoms with Crippen LogP contribution in [-0.4, -0.2) is 20.3 Å². The Hall–Kier alpha value is -3.06. The summed E-state index contributed by atoms with van der Waals surface area (Å²) in [6.07, 6.45) is 3.50. The number of pyridine rings is 1. The van der Waals surface area contributed by atoms with E-state index in [2.05, 4.69) is 15.3 Å². The van der Waals surface area contributed by atoms with Crippen LogP contribution in [0.25, 0.3) is 16.2 Å². The van der Waals surface area contributed by atoms with Crippen molar-refractivity contribution in [2.75, 3.05) is 5.32 Å². The molecule has 3 heterocycles. The van der Waals surface area contributed by atoms with Gasteiger partial charge in [0.2, 0.25) is 0 Å². The number of carbonyl (C=O) groups excluding carboxylic acids is 1. The van der Waals surface area contributed by atoms with E-state index in [1.807, 2.05) is 36.6 Å². The molecule has 130 valence electrons. The van der Waals surface area contributed by atoms with E-state index in [0.29, 0.717) is 15.7 Å². The molecule has 4 rings (SSSR count). The first kappa shape index (κ1) is 16.4. The summed E-state index contributed by atoms with van der Waals surface area (Å²) in [5.74, 6) is 0.0628. The zero-order valence-electron chi connectivity index (χ0n) is 14.2. The molecule has 0 bridgehead atoms. The lowest BCUT2D eigenvalue weighted by molar-refractivity contribution is 0.102. The van der Waals surface area contributed by atoms with Gasteiger partial charge < -0.3 is 5.32 Å². The predicted octanol–water partition coefficient (Wildman–Crippen LogP) is 4.47. The summed E-state index contributed by atoms with van der Waals surface area (Å²) < 4.78 is 15.0. The lowest BCUT2D eigenvalue weighted by atomic mass is 10.2. The summed E-state index contributed by atoms with van der Waals surface area (Å²) in [4.78, 5) is 22.7. The minimum atomic E-state index is -0.283. The van der Waals surface area contributed by atoms with E-state index in [1.54, 1.807) is 18.3 Å². The maximum absolute atomic E-state index is 13.1. The van der Waals surface area contributed by atoms with Crippen molar-refractivity contribution < 1.29 is 9.18 Å². The van der Waals surface area contributed by atoms with Crippen molar-refractivity contribution in [3.05, 3.63) is 70.7 Å². The van der Waals surface area contributed by atoms with E-state index in [4.69, 9.17) is 0 Å². The molecule has 7 heteroatoms. The number of fused-ring (bicyclic) bond motifs is 1. The number of nitrogens with one attached hydrogen (secondary N) is 1. The Morgan fingerprint density at radius 3 is 2.65 bits per heavy atom. The topological polar surface area (TPSA) is 59.3 Å². The molecule has 0 aliphatic rings. The van der Waals surface area contributed by atoms with Gasteiger partial charge in [0, 0.05) is 23.7 Å². The Labute approximate surface area is 153 Å². The fourth-order valence-electron chi connectivity index (χ4n) is 2.70. The monoisotopic (exact) mass is 366 g/mol. The second kappa shape index (κ2) is 6.34. The number of anilines is 1. The van der Waals surface area contributed by atoms with Crippen LogP contribution in [0.4, 0.5) is 10.2 Å². The molecule has 26 heavy (non-hydrogen) atoms. The van der Waals surface area contributed by atoms with Crippen molar-refractivity contribution in [1.82, 2.24) is 14.4 Å². The third-order valence-electron chi connectivity index (χ3n) is 4.14. The summed E-state index contributed by atoms with van der Waals surface area (Å²) in [7, 11) is 0. The molecule has 1 N–H and O–H groups in total. The van der Waals surface area contributed by atoms with Gasteiger partial charge in [0.1, 0.15) is 16.5 Å². The number of aromatic nitrogens is 3. The first-order valence-corrected chi connectivity index (χ1v) is 8.82. The predicted molar refractivity (Wildman–Crippen MR) is 100 cm³/mol. The smallest absolute Gasteiger partial charge is 0.268 e. The van der Waals surface area contributed by atoms with Crippen LogP contribution in [0.5, 0.6) is 0 Å². The third-order valence-corrected chi connectivity index (χ3v) is 5.30. The van der Waals surface area contributed by atoms with Crippen LogP contribution in [0.1, 0.15) is 20.9 Å². The molecule has 0 aliphatic carbocycles. The van der Waals surface area contributed by atoms with E-state index < -0.39 is 0 Å². The number of hydrogen-bond donors (Lipinski definition) is 1. The molecule has 1 aromatic carbocycles. The van der Waals surface area contributed by atoms with Crippen LogP contribution < -0.4 is 5.32 Å². The van der Waals surface area contributed by atoms with Gasteiger partial charge in [-0.2, -0.15) is 0 Å². The Bertz CT molecular complexity index is 1110. The molecule has 4 aromatic rings. The quantitative estimate of drug-likeness (QED) is 0.582. The molecule has 0 atom stereocenters. The fraction of sp³-hybridized carbons (Fsp3) is 0.105. The van der Waals surface area contributed by atoms with Gasteiger partial charge in [-0.3, -0.25) is 9.20 Å². The van der Waals surface area contributed by atoms with E-state index >= 15 is 0 Å². The van der Waals surface area contributed by atoms with Gasteiger partial charge in [-0.05, 0) is 49.7 Å². The maximum Gasteiger partial charge on any atom is 0.268 e. The average Bonchev–Trinajstić information content (AvgIpc) is 3.17. The van der Waals surface area contributed by atoms with E-state index in [-0.39, 0.29) is 11.7 Å². The van der Waals surface area contributed by atoms with Crippen LogP contribution in [0.15, 0.2) is 48.8 Å². The van der Waals surface area contributed by atoms with Gasteiger partial charge in [0.05, 0.1) is 5.69 Å². The van der Waals surface area contributed by atoms with Crippen molar-refractivity contribution in [2.45, 2.75) is 13.8 Å². The van der Waals surface area contributed by atoms with E-state index in [9.17, 15) is 9.18 Å². The molecule has 3 aromatic heterocycles. The number of amides is 1. The summed E-state index contributed by atoms with van der Waals surface area (Å²) in [5, 5.41) is 2.85. The second-order valence-electron chi connectivity index (χ2n) is 5.93. The second-order valence-corrected chi connectivity index (χ2v) is 6.90. The summed E-state index contributed by atoms with van der Waals surface area (Å²) in [6, 6.07) is 9.91. The highest BCUT2D eigenvalue weighted by Gasteiger charge is 2.19. The summed E-state index contributed by atoms with van der Waals surface area (Å²) >= 11 is 1.31. The standard InChI is InChI=1S/C19H15FN4OS/c1-11-4-3-9-21-17(11)23-18(25)16-12(2)24-10-15(22-19(24)26-16)13-5-7-14(20)8-6-13/h3-10H,1-2H3,(H,21,23,25). The third kappa shape index (κ3) is 2.86. The first-order valence-electron chi connectivity index (χ1n) is 8.00. The lowest BCUT2D eigenvalue weighted by Crippen LogP contribution is -2.13. The van der Waals surface area contributed by atoms with Gasteiger partial charge in [0.15, 0.2) is 4.96 Å². The van der Waals surface area contributed by atoms with E-state index in [0.717, 1.165) is 22.5 Å². The number of carbonyl (C=O) groups is 1. The van der Waals surface area contributed by atoms with Gasteiger partial charge in [-0.25, -0.2) is 14.4 Å². The van der Waals surface area contributed by atoms with Crippen molar-refractivity contribution in [2.24, 2.45) is 0 Å². The SMILES string of the molecule is Cc1cccnc1NC(=O)c1sc2nc(-c3ccc(F)cc3)cn2c1C. The zero-order valence-corrected chi connectivity index (χ0v) is 15.0. The molecule has 0 fully saturated rings. The Kier molecular flexibility index (Phi) is 4.00. The number of nitrogens with zero attached hydrogens (tertiary/aromatic N) is 3. The van der Waals surface area contributed by atoms with Gasteiger partial charge in [-0.1, -0.05) is 17.4 Å². The molecule has 1 amide bonds. The number of aryl methyl sites for hydroxylation is 2. The number of benzene rings is 1. The fourth-order valence-corrected chi connectivity index (χ4v) is 3.71. The number of rotatable bonds is 3. The Balaban J connectivity index is 1.66. The summed E-state index contributed by atoms with van der Waals surface area (Å²) in [5.41, 5.74) is 3.28. The lowest BCUT2D eigenvalue weighted by Gasteiger charge is -2.06. The van der Waals surface area contributed by atoms with Crippen LogP contribution in [0.3, 0.4) is 0 Å². The van der Waals surface area contributed by atoms with Crippen LogP contribution in [0.2, 0.25) is 0 Å². The zero-order chi connectivity index (χ0) is 18.3. The Morgan fingerprint density at radius 2 is 1.96 bits per heavy atom. The van der Waals surface area contributed by atoms with Crippen molar-refractivity contribution >= 4 is 28.0 Å². The highest BCUT2D eigenvalue weighted by atomic mass is 32.1. The van der Waals surface area contributed by atoms with Crippen LogP contribution in [0, 0.1) is 19.7 Å². The van der Waals surface area contributed by atoms with Crippen molar-refractivity contribution in [3.63, 3.8) is 0 Å². The maximum atomic E-state index is 13.1. The number of hydrogen-bond acceptors (Lipinski definition) is 4. The molecule has 0 radical (unpaired) electrons. The van der Waals surface area contributed by atoms with Crippen LogP contribution in [-0.2, 0) is 0 Å². The minimum absolute atomic E-state index is 0.205. The molecule has 0 aliphatic heterocycles. The molecular weight excluding hydrogens is 351 g/mol. The van der Waals surface area contributed by atoms with E-state index in [1.165, 1.54) is 23.5 Å². The summed E-state index contributed by atoms with van der Waals surface area (Å²) in [6.45, 7) is 3.77. The van der Waals surface area contributed by atoms with Crippen LogP contribution >= 0.6 is 11.3 Å². The molecular formula is C19H15FN4OS. The number of halogens is 1. The Morgan fingerprint density at radius 1 is 1.19 bits per heavy atom. The molecule has 5 nitrogen and oxygen atoms in total. The minimum Gasteiger partial charge on any atom is -0.306 e. The number of thiazole rings is 1. The molecule has 0 saturated carbocycles. The van der Waals surface area contributed by atoms with Crippen molar-refractivity contribution in [3.8, 4) is 11.3 Å². The first-order chi connectivity index (χ1) is 12.5. The number of imidazole rings is 1. The van der Waals surface area contributed by atoms with Gasteiger partial charge in [0.25, 0.3) is 5.91 Å². The highest BCUT2D eigenvalue weighted by molar-refractivity contribution is 7.19. The largest absolute Gasteiger partial charge is 0.306 e. The van der Waals surface area contributed by atoms with Gasteiger partial charge in [-0.15, -0.1) is 0 Å². The van der Waals surface area contributed by atoms with Crippen molar-refractivity contribution in [1.29, 1.82) is 0 Å².